The molecule has 0 heterocycles. The van der Waals surface area contributed by atoms with Gasteiger partial charge in [-0.2, -0.15) is 0 Å². The van der Waals surface area contributed by atoms with Gasteiger partial charge in [-0.15, -0.1) is 0 Å². The smallest absolute Gasteiger partial charge is 0.288 e. The van der Waals surface area contributed by atoms with Crippen LogP contribution in [0.3, 0.4) is 0 Å². The molecule has 0 radical (unpaired) electrons. The van der Waals surface area contributed by atoms with Gasteiger partial charge in [-0.3, -0.25) is 4.57 Å². The van der Waals surface area contributed by atoms with Crippen molar-refractivity contribution in [2.24, 2.45) is 0 Å². The normalized spacial score (nSPS) is 16.4. The van der Waals surface area contributed by atoms with E-state index in [-0.39, 0.29) is 0 Å². The highest BCUT2D eigenvalue weighted by molar-refractivity contribution is 6.73. The Balaban J connectivity index is 5.09. The van der Waals surface area contributed by atoms with Gasteiger partial charge < -0.3 is 9.55 Å². The van der Waals surface area contributed by atoms with Gasteiger partial charge in [0.15, 0.2) is 0 Å². The third-order valence-corrected chi connectivity index (χ3v) is 8.61. The molecule has 0 rings (SSSR count). The van der Waals surface area contributed by atoms with Crippen LogP contribution < -0.4 is 4.98 Å². The molecule has 0 spiro atoms. The monoisotopic (exact) mass is 231 g/mol. The second kappa shape index (κ2) is 6.63. The van der Waals surface area contributed by atoms with Crippen LogP contribution in [0.5, 0.6) is 0 Å². The summed E-state index contributed by atoms with van der Waals surface area (Å²) in [4.78, 5) is 3.79. The van der Waals surface area contributed by atoms with Gasteiger partial charge in [0, 0.05) is 0 Å². The Morgan fingerprint density at radius 2 is 1.53 bits per heavy atom. The Hall–Kier alpha value is 0.0969. The number of nitrogens with one attached hydrogen (secondary N) is 1. The van der Waals surface area contributed by atoms with Gasteiger partial charge in [-0.25, -0.2) is 0 Å². The summed E-state index contributed by atoms with van der Waals surface area (Å²) in [5, 5.41) is 0. The van der Waals surface area contributed by atoms with Crippen LogP contribution in [0.1, 0.15) is 34.6 Å². The van der Waals surface area contributed by atoms with Crippen LogP contribution in [0.2, 0.25) is 5.54 Å². The van der Waals surface area contributed by atoms with E-state index in [0.717, 1.165) is 19.6 Å². The Morgan fingerprint density at radius 3 is 1.73 bits per heavy atom. The number of hydrogen-bond donors (Lipinski definition) is 1. The van der Waals surface area contributed by atoms with Crippen molar-refractivity contribution in [3.05, 3.63) is 0 Å². The molecule has 0 fully saturated rings. The number of rotatable bonds is 7. The molecule has 0 aliphatic carbocycles. The zero-order chi connectivity index (χ0) is 12.1. The molecule has 0 aliphatic heterocycles. The minimum absolute atomic E-state index is 0.687. The molecule has 0 amide bonds. The first kappa shape index (κ1) is 15.1. The molecule has 1 unspecified atom stereocenters. The van der Waals surface area contributed by atoms with Crippen molar-refractivity contribution >= 4 is 8.56 Å². The van der Waals surface area contributed by atoms with E-state index in [9.17, 15) is 0 Å². The van der Waals surface area contributed by atoms with Crippen molar-refractivity contribution < 1.29 is 0 Å². The minimum Gasteiger partial charge on any atom is -0.313 e. The highest BCUT2D eigenvalue weighted by atomic mass is 28.4. The maximum absolute atomic E-state index is 3.79. The molecule has 0 saturated heterocycles. The summed E-state index contributed by atoms with van der Waals surface area (Å²) in [5.41, 5.74) is 0.687. The summed E-state index contributed by atoms with van der Waals surface area (Å²) in [6.07, 6.45) is 0. The lowest BCUT2D eigenvalue weighted by molar-refractivity contribution is 0.367. The Morgan fingerprint density at radius 1 is 1.07 bits per heavy atom. The largest absolute Gasteiger partial charge is 0.313 e. The molecular formula is C11H29N3Si. The standard InChI is InChI=1S/C11H29N3Si/c1-8-12-15(11(4)5,13(6)7)14(9-2)10-3/h11-12H,8-10H2,1-7H3. The lowest BCUT2D eigenvalue weighted by Crippen LogP contribution is -2.74. The summed E-state index contributed by atoms with van der Waals surface area (Å²) in [7, 11) is 2.77. The molecule has 3 nitrogen and oxygen atoms in total. The zero-order valence-electron chi connectivity index (χ0n) is 11.6. The molecule has 1 N–H and O–H groups in total. The number of nitrogens with zero attached hydrogens (tertiary/aromatic N) is 2. The van der Waals surface area contributed by atoms with Crippen molar-refractivity contribution in [2.45, 2.75) is 40.2 Å². The summed E-state index contributed by atoms with van der Waals surface area (Å²) < 4.78 is 5.06. The molecule has 0 aromatic heterocycles. The maximum atomic E-state index is 3.79. The quantitative estimate of drug-likeness (QED) is 0.675. The van der Waals surface area contributed by atoms with Crippen molar-refractivity contribution in [2.75, 3.05) is 33.7 Å². The third kappa shape index (κ3) is 3.03. The summed E-state index contributed by atoms with van der Waals surface area (Å²) in [6.45, 7) is 14.7. The summed E-state index contributed by atoms with van der Waals surface area (Å²) >= 11 is 0. The van der Waals surface area contributed by atoms with Crippen LogP contribution in [0, 0.1) is 0 Å². The highest BCUT2D eigenvalue weighted by Crippen LogP contribution is 2.23. The highest BCUT2D eigenvalue weighted by Gasteiger charge is 2.44. The van der Waals surface area contributed by atoms with Crippen LogP contribution in [-0.4, -0.2) is 51.4 Å². The SMILES string of the molecule is CCN[Si](C(C)C)(N(C)C)N(CC)CC. The molecule has 0 bridgehead atoms. The van der Waals surface area contributed by atoms with E-state index in [4.69, 9.17) is 0 Å². The molecule has 4 heteroatoms. The first-order chi connectivity index (χ1) is 6.97. The predicted octanol–water partition coefficient (Wildman–Crippen LogP) is 1.85. The van der Waals surface area contributed by atoms with Crippen LogP contribution >= 0.6 is 0 Å². The average Bonchev–Trinajstić information content (AvgIpc) is 2.17. The van der Waals surface area contributed by atoms with Gasteiger partial charge in [0.1, 0.15) is 0 Å². The maximum Gasteiger partial charge on any atom is 0.288 e. The van der Waals surface area contributed by atoms with E-state index in [1.54, 1.807) is 0 Å². The summed E-state index contributed by atoms with van der Waals surface area (Å²) in [6, 6.07) is 0. The molecule has 15 heavy (non-hydrogen) atoms. The summed E-state index contributed by atoms with van der Waals surface area (Å²) in [5.74, 6) is 0. The number of hydrogen-bond acceptors (Lipinski definition) is 3. The van der Waals surface area contributed by atoms with E-state index < -0.39 is 8.56 Å². The lowest BCUT2D eigenvalue weighted by Gasteiger charge is -2.48. The zero-order valence-corrected chi connectivity index (χ0v) is 12.6. The van der Waals surface area contributed by atoms with Crippen LogP contribution in [-0.2, 0) is 0 Å². The van der Waals surface area contributed by atoms with E-state index in [0.29, 0.717) is 5.54 Å². The van der Waals surface area contributed by atoms with Crippen LogP contribution in [0.15, 0.2) is 0 Å². The first-order valence-corrected chi connectivity index (χ1v) is 8.11. The van der Waals surface area contributed by atoms with Crippen molar-refractivity contribution in [1.29, 1.82) is 0 Å². The van der Waals surface area contributed by atoms with Crippen molar-refractivity contribution in [1.82, 2.24) is 14.1 Å². The Kier molecular flexibility index (Phi) is 6.67. The predicted molar refractivity (Wildman–Crippen MR) is 71.1 cm³/mol. The van der Waals surface area contributed by atoms with E-state index >= 15 is 0 Å². The van der Waals surface area contributed by atoms with Crippen LogP contribution in [0.4, 0.5) is 0 Å². The van der Waals surface area contributed by atoms with E-state index in [1.165, 1.54) is 0 Å². The first-order valence-electron chi connectivity index (χ1n) is 6.14. The molecule has 0 saturated carbocycles. The Labute approximate surface area is 97.1 Å². The van der Waals surface area contributed by atoms with Crippen LogP contribution in [0.25, 0.3) is 0 Å². The molecule has 1 atom stereocenters. The fourth-order valence-electron chi connectivity index (χ4n) is 2.60. The second-order valence-electron chi connectivity index (χ2n) is 4.48. The molecular weight excluding hydrogens is 202 g/mol. The van der Waals surface area contributed by atoms with Gasteiger partial charge in [0.25, 0.3) is 8.56 Å². The minimum atomic E-state index is -1.66. The Bertz CT molecular complexity index is 159. The van der Waals surface area contributed by atoms with Gasteiger partial charge >= 0.3 is 0 Å². The van der Waals surface area contributed by atoms with Gasteiger partial charge in [0.2, 0.25) is 0 Å². The molecule has 0 aliphatic rings. The van der Waals surface area contributed by atoms with E-state index in [2.05, 4.69) is 62.8 Å². The van der Waals surface area contributed by atoms with Gasteiger partial charge in [-0.05, 0) is 39.3 Å². The average molecular weight is 231 g/mol. The van der Waals surface area contributed by atoms with Gasteiger partial charge in [0.05, 0.1) is 0 Å². The molecule has 0 aromatic rings. The lowest BCUT2D eigenvalue weighted by atomic mass is 10.6. The molecule has 92 valence electrons. The second-order valence-corrected chi connectivity index (χ2v) is 8.97. The van der Waals surface area contributed by atoms with Gasteiger partial charge in [-0.1, -0.05) is 34.6 Å². The van der Waals surface area contributed by atoms with Crippen molar-refractivity contribution in [3.63, 3.8) is 0 Å². The van der Waals surface area contributed by atoms with Crippen molar-refractivity contribution in [3.8, 4) is 0 Å². The third-order valence-electron chi connectivity index (χ3n) is 3.17. The fraction of sp³-hybridized carbons (Fsp3) is 1.00. The van der Waals surface area contributed by atoms with E-state index in [1.807, 2.05) is 0 Å². The fourth-order valence-corrected chi connectivity index (χ4v) is 7.37. The molecule has 0 aromatic carbocycles. The topological polar surface area (TPSA) is 18.5 Å².